The molecule has 2 aliphatic heterocycles. The number of ether oxygens (including phenoxy) is 3. The number of amides is 1. The summed E-state index contributed by atoms with van der Waals surface area (Å²) in [5, 5.41) is 0. The summed E-state index contributed by atoms with van der Waals surface area (Å²) >= 11 is 0. The maximum absolute atomic E-state index is 12.2. The van der Waals surface area contributed by atoms with Gasteiger partial charge in [0.25, 0.3) is 0 Å². The molecule has 0 aromatic heterocycles. The second kappa shape index (κ2) is 7.37. The van der Waals surface area contributed by atoms with E-state index in [4.69, 9.17) is 14.2 Å². The zero-order valence-electron chi connectivity index (χ0n) is 16.5. The molecule has 1 aromatic carbocycles. The zero-order chi connectivity index (χ0) is 18.8. The minimum atomic E-state index is -0.434. The molecule has 5 nitrogen and oxygen atoms in total. The summed E-state index contributed by atoms with van der Waals surface area (Å²) < 4.78 is 16.8. The van der Waals surface area contributed by atoms with E-state index in [1.54, 1.807) is 0 Å². The lowest BCUT2D eigenvalue weighted by Gasteiger charge is -2.40. The van der Waals surface area contributed by atoms with E-state index in [0.717, 1.165) is 50.3 Å². The topological polar surface area (TPSA) is 48.0 Å². The van der Waals surface area contributed by atoms with Gasteiger partial charge in [0.15, 0.2) is 11.5 Å². The molecule has 144 valence electrons. The number of rotatable bonds is 3. The minimum Gasteiger partial charge on any atom is -0.486 e. The van der Waals surface area contributed by atoms with Crippen LogP contribution in [0.15, 0.2) is 18.2 Å². The van der Waals surface area contributed by atoms with Crippen LogP contribution in [0.4, 0.5) is 4.79 Å². The monoisotopic (exact) mass is 361 g/mol. The molecule has 2 aliphatic rings. The highest BCUT2D eigenvalue weighted by atomic mass is 16.6. The highest BCUT2D eigenvalue weighted by molar-refractivity contribution is 5.68. The molecule has 26 heavy (non-hydrogen) atoms. The SMILES string of the molecule is CC1(CCc2ccc3c(c2)OCCO3)CCN(C(=O)OC(C)(C)C)CC1. The third kappa shape index (κ3) is 4.83. The van der Waals surface area contributed by atoms with Gasteiger partial charge in [0.05, 0.1) is 0 Å². The number of piperidine rings is 1. The fourth-order valence-electron chi connectivity index (χ4n) is 3.49. The Morgan fingerprint density at radius 3 is 2.46 bits per heavy atom. The van der Waals surface area contributed by atoms with Gasteiger partial charge >= 0.3 is 6.09 Å². The summed E-state index contributed by atoms with van der Waals surface area (Å²) in [6.07, 6.45) is 3.95. The number of likely N-dealkylation sites (tertiary alicyclic amines) is 1. The lowest BCUT2D eigenvalue weighted by atomic mass is 9.76. The largest absolute Gasteiger partial charge is 0.486 e. The quantitative estimate of drug-likeness (QED) is 0.799. The number of carbonyl (C=O) groups excluding carboxylic acids is 1. The van der Waals surface area contributed by atoms with Crippen molar-refractivity contribution in [1.29, 1.82) is 0 Å². The third-order valence-corrected chi connectivity index (χ3v) is 5.25. The van der Waals surface area contributed by atoms with Crippen LogP contribution in [0.25, 0.3) is 0 Å². The van der Waals surface area contributed by atoms with Crippen LogP contribution in [0, 0.1) is 5.41 Å². The fraction of sp³-hybridized carbons (Fsp3) is 0.667. The number of hydrogen-bond acceptors (Lipinski definition) is 4. The summed E-state index contributed by atoms with van der Waals surface area (Å²) in [7, 11) is 0. The molecule has 0 N–H and O–H groups in total. The van der Waals surface area contributed by atoms with E-state index in [-0.39, 0.29) is 11.5 Å². The van der Waals surface area contributed by atoms with Crippen LogP contribution < -0.4 is 9.47 Å². The van der Waals surface area contributed by atoms with Gasteiger partial charge in [0, 0.05) is 13.1 Å². The number of nitrogens with zero attached hydrogens (tertiary/aromatic N) is 1. The maximum atomic E-state index is 12.2. The average Bonchev–Trinajstić information content (AvgIpc) is 2.59. The number of aryl methyl sites for hydroxylation is 1. The first kappa shape index (κ1) is 18.9. The number of fused-ring (bicyclic) bond motifs is 1. The predicted octanol–water partition coefficient (Wildman–Crippen LogP) is 4.43. The Kier molecular flexibility index (Phi) is 5.35. The predicted molar refractivity (Wildman–Crippen MR) is 101 cm³/mol. The van der Waals surface area contributed by atoms with E-state index in [9.17, 15) is 4.79 Å². The number of benzene rings is 1. The van der Waals surface area contributed by atoms with Gasteiger partial charge in [-0.2, -0.15) is 0 Å². The van der Waals surface area contributed by atoms with E-state index < -0.39 is 5.60 Å². The van der Waals surface area contributed by atoms with E-state index >= 15 is 0 Å². The van der Waals surface area contributed by atoms with E-state index in [1.165, 1.54) is 5.56 Å². The molecule has 0 aliphatic carbocycles. The van der Waals surface area contributed by atoms with Crippen molar-refractivity contribution in [2.24, 2.45) is 5.41 Å². The lowest BCUT2D eigenvalue weighted by molar-refractivity contribution is 0.0111. The summed E-state index contributed by atoms with van der Waals surface area (Å²) in [5.41, 5.74) is 1.10. The lowest BCUT2D eigenvalue weighted by Crippen LogP contribution is -2.44. The second-order valence-electron chi connectivity index (χ2n) is 8.76. The van der Waals surface area contributed by atoms with Gasteiger partial charge in [-0.3, -0.25) is 0 Å². The van der Waals surface area contributed by atoms with Crippen molar-refractivity contribution < 1.29 is 19.0 Å². The summed E-state index contributed by atoms with van der Waals surface area (Å²) in [4.78, 5) is 14.1. The van der Waals surface area contributed by atoms with Crippen molar-refractivity contribution in [3.8, 4) is 11.5 Å². The molecule has 5 heteroatoms. The van der Waals surface area contributed by atoms with Crippen molar-refractivity contribution >= 4 is 6.09 Å². The number of hydrogen-bond donors (Lipinski definition) is 0. The zero-order valence-corrected chi connectivity index (χ0v) is 16.5. The normalized spacial score (nSPS) is 19.2. The standard InChI is InChI=1S/C21H31NO4/c1-20(2,3)26-19(23)22-11-9-21(4,10-12-22)8-7-16-5-6-17-18(15-16)25-14-13-24-17/h5-6,15H,7-14H2,1-4H3. The van der Waals surface area contributed by atoms with Crippen molar-refractivity contribution in [2.75, 3.05) is 26.3 Å². The molecule has 0 bridgehead atoms. The van der Waals surface area contributed by atoms with Crippen LogP contribution in [-0.2, 0) is 11.2 Å². The Labute approximate surface area is 156 Å². The molecule has 0 atom stereocenters. The molecule has 0 saturated carbocycles. The molecule has 1 saturated heterocycles. The molecule has 1 aromatic rings. The van der Waals surface area contributed by atoms with Crippen LogP contribution in [-0.4, -0.2) is 42.9 Å². The van der Waals surface area contributed by atoms with Crippen LogP contribution in [0.1, 0.15) is 52.5 Å². The first-order valence-electron chi connectivity index (χ1n) is 9.61. The molecule has 1 fully saturated rings. The van der Waals surface area contributed by atoms with Gasteiger partial charge in [-0.25, -0.2) is 4.79 Å². The van der Waals surface area contributed by atoms with Crippen molar-refractivity contribution in [3.63, 3.8) is 0 Å². The molecule has 0 spiro atoms. The first-order chi connectivity index (χ1) is 12.2. The molecule has 2 heterocycles. The van der Waals surface area contributed by atoms with E-state index in [2.05, 4.69) is 19.1 Å². The highest BCUT2D eigenvalue weighted by Gasteiger charge is 2.33. The summed E-state index contributed by atoms with van der Waals surface area (Å²) in [6.45, 7) is 10.8. The van der Waals surface area contributed by atoms with Crippen LogP contribution in [0.2, 0.25) is 0 Å². The smallest absolute Gasteiger partial charge is 0.410 e. The Bertz CT molecular complexity index is 642. The van der Waals surface area contributed by atoms with Gasteiger partial charge < -0.3 is 19.1 Å². The van der Waals surface area contributed by atoms with Crippen molar-refractivity contribution in [2.45, 2.75) is 59.0 Å². The minimum absolute atomic E-state index is 0.189. The van der Waals surface area contributed by atoms with E-state index in [1.807, 2.05) is 31.7 Å². The van der Waals surface area contributed by atoms with Gasteiger partial charge in [-0.05, 0) is 69.6 Å². The van der Waals surface area contributed by atoms with Crippen LogP contribution >= 0.6 is 0 Å². The third-order valence-electron chi connectivity index (χ3n) is 5.25. The van der Waals surface area contributed by atoms with Gasteiger partial charge in [0.2, 0.25) is 0 Å². The average molecular weight is 361 g/mol. The van der Waals surface area contributed by atoms with Gasteiger partial charge in [-0.1, -0.05) is 13.0 Å². The fourth-order valence-corrected chi connectivity index (χ4v) is 3.49. The molecule has 1 amide bonds. The van der Waals surface area contributed by atoms with Crippen LogP contribution in [0.5, 0.6) is 11.5 Å². The molecular weight excluding hydrogens is 330 g/mol. The second-order valence-corrected chi connectivity index (χ2v) is 8.76. The summed E-state index contributed by atoms with van der Waals surface area (Å²) in [5.74, 6) is 1.70. The Morgan fingerprint density at radius 2 is 1.81 bits per heavy atom. The van der Waals surface area contributed by atoms with Gasteiger partial charge in [0.1, 0.15) is 18.8 Å². The van der Waals surface area contributed by atoms with Crippen molar-refractivity contribution in [1.82, 2.24) is 4.90 Å². The van der Waals surface area contributed by atoms with Crippen LogP contribution in [0.3, 0.4) is 0 Å². The first-order valence-corrected chi connectivity index (χ1v) is 9.61. The molecule has 3 rings (SSSR count). The molecule has 0 unspecified atom stereocenters. The molecular formula is C21H31NO4. The maximum Gasteiger partial charge on any atom is 0.410 e. The Hall–Kier alpha value is -1.91. The summed E-state index contributed by atoms with van der Waals surface area (Å²) in [6, 6.07) is 6.25. The van der Waals surface area contributed by atoms with E-state index in [0.29, 0.717) is 13.2 Å². The van der Waals surface area contributed by atoms with Gasteiger partial charge in [-0.15, -0.1) is 0 Å². The van der Waals surface area contributed by atoms with Crippen molar-refractivity contribution in [3.05, 3.63) is 23.8 Å². The Balaban J connectivity index is 1.51. The highest BCUT2D eigenvalue weighted by Crippen LogP contribution is 2.37. The molecule has 0 radical (unpaired) electrons. The number of carbonyl (C=O) groups is 1. The Morgan fingerprint density at radius 1 is 1.15 bits per heavy atom.